The molecule has 0 radical (unpaired) electrons. The van der Waals surface area contributed by atoms with Crippen LogP contribution in [0.25, 0.3) is 10.1 Å². The van der Waals surface area contributed by atoms with Crippen LogP contribution in [0.3, 0.4) is 0 Å². The lowest BCUT2D eigenvalue weighted by atomic mass is 10.1. The fraction of sp³-hybridized carbons (Fsp3) is 0.100. The second-order valence-corrected chi connectivity index (χ2v) is 5.12. The van der Waals surface area contributed by atoms with Crippen molar-refractivity contribution in [2.45, 2.75) is 5.33 Å². The summed E-state index contributed by atoms with van der Waals surface area (Å²) in [6.07, 6.45) is 0. The van der Waals surface area contributed by atoms with Crippen LogP contribution in [0, 0.1) is 11.3 Å². The summed E-state index contributed by atoms with van der Waals surface area (Å²) in [5.74, 6) is 0. The van der Waals surface area contributed by atoms with Crippen molar-refractivity contribution >= 4 is 49.0 Å². The molecule has 0 saturated carbocycles. The van der Waals surface area contributed by atoms with Gasteiger partial charge in [0, 0.05) is 10.0 Å². The summed E-state index contributed by atoms with van der Waals surface area (Å²) in [4.78, 5) is 0. The van der Waals surface area contributed by atoms with Crippen molar-refractivity contribution in [2.75, 3.05) is 0 Å². The summed E-state index contributed by atoms with van der Waals surface area (Å²) in [5, 5.41) is 10.7. The molecule has 1 nitrogen and oxygen atoms in total. The van der Waals surface area contributed by atoms with E-state index in [2.05, 4.69) is 22.0 Å². The van der Waals surface area contributed by atoms with E-state index < -0.39 is 0 Å². The number of rotatable bonds is 1. The Morgan fingerprint density at radius 1 is 1.43 bits per heavy atom. The molecule has 0 aliphatic heterocycles. The predicted octanol–water partition coefficient (Wildman–Crippen LogP) is 4.32. The number of hydrogen-bond donors (Lipinski definition) is 0. The Balaban J connectivity index is 2.76. The largest absolute Gasteiger partial charge is 0.192 e. The van der Waals surface area contributed by atoms with Crippen LogP contribution in [0.5, 0.6) is 0 Å². The Labute approximate surface area is 99.0 Å². The third-order valence-electron chi connectivity index (χ3n) is 1.98. The molecule has 14 heavy (non-hydrogen) atoms. The molecule has 4 heteroatoms. The summed E-state index contributed by atoms with van der Waals surface area (Å²) in [5.41, 5.74) is 1.72. The van der Waals surface area contributed by atoms with Crippen molar-refractivity contribution in [3.05, 3.63) is 33.7 Å². The molecule has 0 saturated heterocycles. The minimum absolute atomic E-state index is 0.694. The van der Waals surface area contributed by atoms with Crippen molar-refractivity contribution in [2.24, 2.45) is 0 Å². The average Bonchev–Trinajstić information content (AvgIpc) is 2.54. The zero-order valence-corrected chi connectivity index (χ0v) is 10.2. The third-order valence-corrected chi connectivity index (χ3v) is 3.81. The molecule has 0 spiro atoms. The number of thiophene rings is 1. The van der Waals surface area contributed by atoms with E-state index in [1.54, 1.807) is 0 Å². The second-order valence-electron chi connectivity index (χ2n) is 2.84. The maximum Gasteiger partial charge on any atom is 0.0995 e. The maximum absolute atomic E-state index is 8.92. The van der Waals surface area contributed by atoms with Crippen molar-refractivity contribution < 1.29 is 0 Å². The van der Waals surface area contributed by atoms with Gasteiger partial charge in [0.15, 0.2) is 0 Å². The van der Waals surface area contributed by atoms with Gasteiger partial charge < -0.3 is 0 Å². The van der Waals surface area contributed by atoms with E-state index in [0.717, 1.165) is 20.0 Å². The average molecular weight is 287 g/mol. The van der Waals surface area contributed by atoms with Crippen LogP contribution in [0.1, 0.15) is 11.1 Å². The van der Waals surface area contributed by atoms with Gasteiger partial charge in [0.05, 0.1) is 16.0 Å². The monoisotopic (exact) mass is 285 g/mol. The molecule has 70 valence electrons. The van der Waals surface area contributed by atoms with Crippen molar-refractivity contribution in [1.82, 2.24) is 0 Å². The predicted molar refractivity (Wildman–Crippen MR) is 64.2 cm³/mol. The summed E-state index contributed by atoms with van der Waals surface area (Å²) in [6.45, 7) is 0. The second kappa shape index (κ2) is 3.90. The fourth-order valence-electron chi connectivity index (χ4n) is 1.32. The van der Waals surface area contributed by atoms with Crippen molar-refractivity contribution in [3.63, 3.8) is 0 Å². The van der Waals surface area contributed by atoms with Crippen LogP contribution >= 0.6 is 38.9 Å². The maximum atomic E-state index is 8.92. The van der Waals surface area contributed by atoms with E-state index in [9.17, 15) is 0 Å². The van der Waals surface area contributed by atoms with E-state index in [4.69, 9.17) is 16.9 Å². The number of benzene rings is 1. The van der Waals surface area contributed by atoms with Crippen molar-refractivity contribution in [1.29, 1.82) is 5.26 Å². The van der Waals surface area contributed by atoms with Gasteiger partial charge in [-0.3, -0.25) is 0 Å². The van der Waals surface area contributed by atoms with E-state index in [1.165, 1.54) is 11.3 Å². The number of alkyl halides is 1. The topological polar surface area (TPSA) is 23.8 Å². The van der Waals surface area contributed by atoms with Crippen LogP contribution in [-0.4, -0.2) is 0 Å². The summed E-state index contributed by atoms with van der Waals surface area (Å²) >= 11 is 10.8. The molecule has 0 aliphatic rings. The van der Waals surface area contributed by atoms with Gasteiger partial charge in [0.1, 0.15) is 0 Å². The van der Waals surface area contributed by atoms with Gasteiger partial charge in [-0.2, -0.15) is 5.26 Å². The van der Waals surface area contributed by atoms with Crippen LogP contribution in [0.4, 0.5) is 0 Å². The first kappa shape index (κ1) is 9.97. The van der Waals surface area contributed by atoms with Gasteiger partial charge in [-0.1, -0.05) is 27.5 Å². The van der Waals surface area contributed by atoms with Crippen LogP contribution < -0.4 is 0 Å². The highest BCUT2D eigenvalue weighted by Crippen LogP contribution is 2.31. The Kier molecular flexibility index (Phi) is 2.78. The molecular weight excluding hydrogens is 282 g/mol. The van der Waals surface area contributed by atoms with E-state index >= 15 is 0 Å². The smallest absolute Gasteiger partial charge is 0.0995 e. The number of nitriles is 1. The SMILES string of the molecule is N#Cc1cc2sc(Cl)cc2cc1CBr. The Morgan fingerprint density at radius 2 is 2.21 bits per heavy atom. The van der Waals surface area contributed by atoms with Gasteiger partial charge >= 0.3 is 0 Å². The first-order chi connectivity index (χ1) is 6.74. The Bertz CT molecular complexity index is 527. The first-order valence-corrected chi connectivity index (χ1v) is 6.24. The van der Waals surface area contributed by atoms with Crippen LogP contribution in [0.2, 0.25) is 4.34 Å². The van der Waals surface area contributed by atoms with Gasteiger partial charge in [0.2, 0.25) is 0 Å². The molecule has 0 atom stereocenters. The minimum atomic E-state index is 0.694. The molecule has 1 aromatic carbocycles. The van der Waals surface area contributed by atoms with Gasteiger partial charge in [-0.15, -0.1) is 11.3 Å². The third kappa shape index (κ3) is 1.66. The molecule has 0 aliphatic carbocycles. The molecule has 1 heterocycles. The van der Waals surface area contributed by atoms with Gasteiger partial charge in [-0.05, 0) is 29.1 Å². The normalized spacial score (nSPS) is 10.4. The molecule has 2 aromatic rings. The van der Waals surface area contributed by atoms with E-state index in [1.807, 2.05) is 18.2 Å². The summed E-state index contributed by atoms with van der Waals surface area (Å²) < 4.78 is 1.83. The zero-order valence-electron chi connectivity index (χ0n) is 7.05. The Hall–Kier alpha value is -0.560. The molecule has 0 fully saturated rings. The molecular formula is C10H5BrClNS. The molecule has 2 rings (SSSR count). The first-order valence-electron chi connectivity index (χ1n) is 3.92. The highest BCUT2D eigenvalue weighted by Gasteiger charge is 2.06. The number of nitrogens with zero attached hydrogens (tertiary/aromatic N) is 1. The molecule has 0 unspecified atom stereocenters. The number of halogens is 2. The molecule has 0 N–H and O–H groups in total. The zero-order chi connectivity index (χ0) is 10.1. The highest BCUT2D eigenvalue weighted by molar-refractivity contribution is 9.08. The van der Waals surface area contributed by atoms with Crippen LogP contribution in [-0.2, 0) is 5.33 Å². The molecule has 0 amide bonds. The highest BCUT2D eigenvalue weighted by atomic mass is 79.9. The molecule has 1 aromatic heterocycles. The lowest BCUT2D eigenvalue weighted by Gasteiger charge is -1.98. The van der Waals surface area contributed by atoms with Crippen molar-refractivity contribution in [3.8, 4) is 6.07 Å². The lowest BCUT2D eigenvalue weighted by Crippen LogP contribution is -1.84. The minimum Gasteiger partial charge on any atom is -0.192 e. The summed E-state index contributed by atoms with van der Waals surface area (Å²) in [7, 11) is 0. The Morgan fingerprint density at radius 3 is 2.86 bits per heavy atom. The number of fused-ring (bicyclic) bond motifs is 1. The van der Waals surface area contributed by atoms with Crippen LogP contribution in [0.15, 0.2) is 18.2 Å². The summed E-state index contributed by atoms with van der Waals surface area (Å²) in [6, 6.07) is 8.00. The van der Waals surface area contributed by atoms with Gasteiger partial charge in [0.25, 0.3) is 0 Å². The van der Waals surface area contributed by atoms with E-state index in [-0.39, 0.29) is 0 Å². The molecule has 0 bridgehead atoms. The standard InChI is InChI=1S/C10H5BrClNS/c11-4-7-1-6-3-10(12)14-9(6)2-8(7)5-13/h1-3H,4H2. The van der Waals surface area contributed by atoms with Gasteiger partial charge in [-0.25, -0.2) is 0 Å². The lowest BCUT2D eigenvalue weighted by molar-refractivity contribution is 1.40. The van der Waals surface area contributed by atoms with E-state index in [0.29, 0.717) is 10.9 Å². The number of hydrogen-bond acceptors (Lipinski definition) is 2. The quantitative estimate of drug-likeness (QED) is 0.716. The fourth-order valence-corrected chi connectivity index (χ4v) is 2.96.